The first-order valence-corrected chi connectivity index (χ1v) is 9.79. The lowest BCUT2D eigenvalue weighted by molar-refractivity contribution is 0.0497. The van der Waals surface area contributed by atoms with E-state index in [1.54, 1.807) is 25.3 Å². The van der Waals surface area contributed by atoms with Gasteiger partial charge in [-0.2, -0.15) is 0 Å². The quantitative estimate of drug-likeness (QED) is 0.264. The van der Waals surface area contributed by atoms with Crippen molar-refractivity contribution in [3.05, 3.63) is 23.8 Å². The highest BCUT2D eigenvalue weighted by molar-refractivity contribution is 5.91. The average molecular weight is 350 g/mol. The number of esters is 1. The number of nitrogens with two attached hydrogens (primary N) is 1. The predicted octanol–water partition coefficient (Wildman–Crippen LogP) is 5.75. The van der Waals surface area contributed by atoms with E-state index < -0.39 is 0 Å². The Kier molecular flexibility index (Phi) is 11.6. The molecule has 0 atom stereocenters. The van der Waals surface area contributed by atoms with E-state index in [1.165, 1.54) is 57.8 Å². The molecule has 0 saturated heterocycles. The molecule has 0 aliphatic carbocycles. The SMILES string of the molecule is CCCCCCCCCCCCCOC(=O)c1ccc(OC)c(N)c1. The van der Waals surface area contributed by atoms with Gasteiger partial charge in [0.2, 0.25) is 0 Å². The highest BCUT2D eigenvalue weighted by Gasteiger charge is 2.09. The molecule has 1 rings (SSSR count). The highest BCUT2D eigenvalue weighted by atomic mass is 16.5. The lowest BCUT2D eigenvalue weighted by Crippen LogP contribution is -2.07. The molecule has 1 aromatic carbocycles. The first-order valence-electron chi connectivity index (χ1n) is 9.79. The van der Waals surface area contributed by atoms with E-state index >= 15 is 0 Å². The fourth-order valence-corrected chi connectivity index (χ4v) is 2.88. The van der Waals surface area contributed by atoms with Gasteiger partial charge < -0.3 is 15.2 Å². The van der Waals surface area contributed by atoms with Crippen LogP contribution in [0.3, 0.4) is 0 Å². The first kappa shape index (κ1) is 21.3. The van der Waals surface area contributed by atoms with Crippen LogP contribution in [0, 0.1) is 0 Å². The Labute approximate surface area is 153 Å². The van der Waals surface area contributed by atoms with Crippen molar-refractivity contribution in [3.63, 3.8) is 0 Å². The Hall–Kier alpha value is -1.71. The zero-order valence-electron chi connectivity index (χ0n) is 16.0. The van der Waals surface area contributed by atoms with Crippen molar-refractivity contribution in [2.45, 2.75) is 77.6 Å². The molecule has 0 bridgehead atoms. The minimum Gasteiger partial charge on any atom is -0.495 e. The van der Waals surface area contributed by atoms with Crippen molar-refractivity contribution in [2.24, 2.45) is 0 Å². The second-order valence-electron chi connectivity index (χ2n) is 6.63. The summed E-state index contributed by atoms with van der Waals surface area (Å²) >= 11 is 0. The number of rotatable bonds is 14. The van der Waals surface area contributed by atoms with E-state index in [9.17, 15) is 4.79 Å². The topological polar surface area (TPSA) is 61.5 Å². The van der Waals surface area contributed by atoms with Gasteiger partial charge in [-0.1, -0.05) is 71.1 Å². The van der Waals surface area contributed by atoms with Crippen LogP contribution in [0.25, 0.3) is 0 Å². The molecule has 0 amide bonds. The molecule has 4 heteroatoms. The Morgan fingerprint density at radius 3 is 2.00 bits per heavy atom. The van der Waals surface area contributed by atoms with Crippen LogP contribution in [0.5, 0.6) is 5.75 Å². The molecule has 1 aromatic rings. The monoisotopic (exact) mass is 349 g/mol. The van der Waals surface area contributed by atoms with Crippen LogP contribution in [0.1, 0.15) is 87.9 Å². The summed E-state index contributed by atoms with van der Waals surface area (Å²) in [6.07, 6.45) is 14.1. The minimum absolute atomic E-state index is 0.318. The molecule has 25 heavy (non-hydrogen) atoms. The number of hydrogen-bond acceptors (Lipinski definition) is 4. The molecule has 2 N–H and O–H groups in total. The maximum Gasteiger partial charge on any atom is 0.338 e. The van der Waals surface area contributed by atoms with Gasteiger partial charge in [0, 0.05) is 0 Å². The summed E-state index contributed by atoms with van der Waals surface area (Å²) in [5, 5.41) is 0. The van der Waals surface area contributed by atoms with Crippen LogP contribution in [-0.4, -0.2) is 19.7 Å². The highest BCUT2D eigenvalue weighted by Crippen LogP contribution is 2.22. The number of unbranched alkanes of at least 4 members (excludes halogenated alkanes) is 10. The summed E-state index contributed by atoms with van der Waals surface area (Å²) in [6.45, 7) is 2.73. The van der Waals surface area contributed by atoms with E-state index in [4.69, 9.17) is 15.2 Å². The molecule has 0 heterocycles. The number of methoxy groups -OCH3 is 1. The van der Waals surface area contributed by atoms with Gasteiger partial charge in [-0.3, -0.25) is 0 Å². The summed E-state index contributed by atoms with van der Waals surface area (Å²) < 4.78 is 10.4. The lowest BCUT2D eigenvalue weighted by atomic mass is 10.1. The molecule has 4 nitrogen and oxygen atoms in total. The molecular weight excluding hydrogens is 314 g/mol. The van der Waals surface area contributed by atoms with E-state index in [1.807, 2.05) is 0 Å². The summed E-state index contributed by atoms with van der Waals surface area (Å²) in [5.41, 5.74) is 6.73. The number of carbonyl (C=O) groups excluding carboxylic acids is 1. The average Bonchev–Trinajstić information content (AvgIpc) is 2.62. The van der Waals surface area contributed by atoms with Crippen molar-refractivity contribution in [3.8, 4) is 5.75 Å². The molecule has 0 aliphatic heterocycles. The number of nitrogen functional groups attached to an aromatic ring is 1. The Morgan fingerprint density at radius 1 is 0.920 bits per heavy atom. The molecule has 0 fully saturated rings. The third-order valence-corrected chi connectivity index (χ3v) is 4.45. The molecule has 0 aromatic heterocycles. The maximum absolute atomic E-state index is 12.0. The number of hydrogen-bond donors (Lipinski definition) is 1. The number of benzene rings is 1. The molecule has 0 saturated carbocycles. The largest absolute Gasteiger partial charge is 0.495 e. The Morgan fingerprint density at radius 2 is 1.48 bits per heavy atom. The van der Waals surface area contributed by atoms with Gasteiger partial charge in [-0.15, -0.1) is 0 Å². The normalized spacial score (nSPS) is 10.6. The molecule has 0 unspecified atom stereocenters. The van der Waals surface area contributed by atoms with Crippen LogP contribution >= 0.6 is 0 Å². The second-order valence-corrected chi connectivity index (χ2v) is 6.63. The summed E-state index contributed by atoms with van der Waals surface area (Å²) in [5.74, 6) is 0.253. The number of ether oxygens (including phenoxy) is 2. The summed E-state index contributed by atoms with van der Waals surface area (Å²) in [7, 11) is 1.55. The van der Waals surface area contributed by atoms with Crippen LogP contribution in [0.4, 0.5) is 5.69 Å². The van der Waals surface area contributed by atoms with Crippen molar-refractivity contribution in [1.82, 2.24) is 0 Å². The summed E-state index contributed by atoms with van der Waals surface area (Å²) in [6, 6.07) is 4.97. The van der Waals surface area contributed by atoms with Crippen LogP contribution in [0.2, 0.25) is 0 Å². The molecule has 0 radical (unpaired) electrons. The van der Waals surface area contributed by atoms with Crippen LogP contribution in [-0.2, 0) is 4.74 Å². The van der Waals surface area contributed by atoms with Crippen molar-refractivity contribution < 1.29 is 14.3 Å². The predicted molar refractivity (Wildman–Crippen MR) is 104 cm³/mol. The Balaban J connectivity index is 2.01. The van der Waals surface area contributed by atoms with Crippen molar-refractivity contribution in [2.75, 3.05) is 19.5 Å². The number of carbonyl (C=O) groups is 1. The van der Waals surface area contributed by atoms with Crippen molar-refractivity contribution >= 4 is 11.7 Å². The molecule has 0 spiro atoms. The zero-order chi connectivity index (χ0) is 18.3. The van der Waals surface area contributed by atoms with Gasteiger partial charge in [-0.05, 0) is 24.6 Å². The van der Waals surface area contributed by atoms with E-state index in [0.717, 1.165) is 12.8 Å². The van der Waals surface area contributed by atoms with E-state index in [-0.39, 0.29) is 5.97 Å². The third-order valence-electron chi connectivity index (χ3n) is 4.45. The van der Waals surface area contributed by atoms with Gasteiger partial charge in [0.15, 0.2) is 0 Å². The fraction of sp³-hybridized carbons (Fsp3) is 0.667. The van der Waals surface area contributed by atoms with E-state index in [2.05, 4.69) is 6.92 Å². The van der Waals surface area contributed by atoms with Crippen LogP contribution < -0.4 is 10.5 Å². The van der Waals surface area contributed by atoms with Crippen LogP contribution in [0.15, 0.2) is 18.2 Å². The maximum atomic E-state index is 12.0. The Bertz CT molecular complexity index is 488. The minimum atomic E-state index is -0.318. The van der Waals surface area contributed by atoms with Gasteiger partial charge >= 0.3 is 5.97 Å². The summed E-state index contributed by atoms with van der Waals surface area (Å²) in [4.78, 5) is 12.0. The van der Waals surface area contributed by atoms with Gasteiger partial charge in [-0.25, -0.2) is 4.79 Å². The standard InChI is InChI=1S/C21H35NO3/c1-3-4-5-6-7-8-9-10-11-12-13-16-25-21(23)18-14-15-20(24-2)19(22)17-18/h14-15,17H,3-13,16,22H2,1-2H3. The van der Waals surface area contributed by atoms with Crippen molar-refractivity contribution in [1.29, 1.82) is 0 Å². The smallest absolute Gasteiger partial charge is 0.338 e. The first-order chi connectivity index (χ1) is 12.2. The zero-order valence-corrected chi connectivity index (χ0v) is 16.0. The van der Waals surface area contributed by atoms with Gasteiger partial charge in [0.1, 0.15) is 5.75 Å². The lowest BCUT2D eigenvalue weighted by Gasteiger charge is -2.08. The molecular formula is C21H35NO3. The third kappa shape index (κ3) is 9.37. The van der Waals surface area contributed by atoms with E-state index in [0.29, 0.717) is 23.6 Å². The molecule has 142 valence electrons. The fourth-order valence-electron chi connectivity index (χ4n) is 2.88. The van der Waals surface area contributed by atoms with Gasteiger partial charge in [0.25, 0.3) is 0 Å². The second kappa shape index (κ2) is 13.6. The molecule has 0 aliphatic rings. The van der Waals surface area contributed by atoms with Gasteiger partial charge in [0.05, 0.1) is 25.0 Å². The number of anilines is 1.